The number of aromatic nitrogens is 2. The van der Waals surface area contributed by atoms with E-state index in [9.17, 15) is 4.79 Å². The number of unbranched alkanes of at least 4 members (excludes halogenated alkanes) is 3. The first-order valence-corrected chi connectivity index (χ1v) is 13.0. The summed E-state index contributed by atoms with van der Waals surface area (Å²) in [6.07, 6.45) is 10.1. The quantitative estimate of drug-likeness (QED) is 0.274. The fraction of sp³-hybridized carbons (Fsp3) is 0.762. The maximum Gasteiger partial charge on any atom is 0.327 e. The fourth-order valence-electron chi connectivity index (χ4n) is 3.46. The second-order valence-corrected chi connectivity index (χ2v) is 9.64. The third-order valence-electron chi connectivity index (χ3n) is 5.66. The van der Waals surface area contributed by atoms with Crippen LogP contribution in [-0.2, 0) is 9.53 Å². The molecule has 170 valence electrons. The van der Waals surface area contributed by atoms with Crippen LogP contribution in [0.3, 0.4) is 0 Å². The molecule has 0 aromatic carbocycles. The van der Waals surface area contributed by atoms with Crippen LogP contribution in [0.1, 0.15) is 58.1 Å². The van der Waals surface area contributed by atoms with E-state index in [0.717, 1.165) is 36.4 Å². The van der Waals surface area contributed by atoms with Crippen LogP contribution in [0.4, 0.5) is 0 Å². The molecule has 1 aromatic rings. The first-order chi connectivity index (χ1) is 14.4. The first-order valence-electron chi connectivity index (χ1n) is 10.8. The Morgan fingerprint density at radius 1 is 1.37 bits per heavy atom. The topological polar surface area (TPSA) is 87.3 Å². The maximum atomic E-state index is 12.4. The highest BCUT2D eigenvalue weighted by Gasteiger charge is 2.37. The molecule has 1 unspecified atom stereocenters. The van der Waals surface area contributed by atoms with Crippen molar-refractivity contribution < 1.29 is 18.8 Å². The number of nitrogens with zero attached hydrogens (tertiary/aromatic N) is 3. The number of hydrogen-bond donors (Lipinski definition) is 1. The first kappa shape index (κ1) is 25.1. The molecule has 0 aliphatic carbocycles. The van der Waals surface area contributed by atoms with Gasteiger partial charge in [0.25, 0.3) is 5.88 Å². The van der Waals surface area contributed by atoms with Crippen LogP contribution in [0, 0.1) is 0 Å². The van der Waals surface area contributed by atoms with Gasteiger partial charge < -0.3 is 15.2 Å². The van der Waals surface area contributed by atoms with Gasteiger partial charge in [0.1, 0.15) is 18.3 Å². The van der Waals surface area contributed by atoms with Crippen molar-refractivity contribution in [3.8, 4) is 5.88 Å². The Kier molecular flexibility index (Phi) is 10.6. The molecule has 0 saturated heterocycles. The molecule has 2 N–H and O–H groups in total. The van der Waals surface area contributed by atoms with Crippen LogP contribution in [0.25, 0.3) is 5.57 Å². The number of thioether (sulfide) groups is 1. The van der Waals surface area contributed by atoms with E-state index in [1.54, 1.807) is 11.8 Å². The van der Waals surface area contributed by atoms with Crippen molar-refractivity contribution in [3.05, 3.63) is 11.8 Å². The van der Waals surface area contributed by atoms with E-state index in [1.165, 1.54) is 31.0 Å². The number of rotatable bonds is 13. The van der Waals surface area contributed by atoms with Crippen LogP contribution >= 0.6 is 23.5 Å². The van der Waals surface area contributed by atoms with Gasteiger partial charge in [-0.3, -0.25) is 9.28 Å². The number of esters is 1. The van der Waals surface area contributed by atoms with Crippen molar-refractivity contribution in [1.82, 2.24) is 8.75 Å². The van der Waals surface area contributed by atoms with E-state index in [0.29, 0.717) is 29.9 Å². The summed E-state index contributed by atoms with van der Waals surface area (Å²) in [5, 5.41) is 0. The van der Waals surface area contributed by atoms with Gasteiger partial charge in [-0.15, -0.1) is 4.37 Å². The third-order valence-corrected chi connectivity index (χ3v) is 6.82. The second kappa shape index (κ2) is 12.6. The molecule has 1 aromatic heterocycles. The predicted octanol–water partition coefficient (Wildman–Crippen LogP) is 3.70. The summed E-state index contributed by atoms with van der Waals surface area (Å²) in [6, 6.07) is -0.568. The fourth-order valence-corrected chi connectivity index (χ4v) is 4.48. The second-order valence-electron chi connectivity index (χ2n) is 8.13. The Hall–Kier alpha value is -1.16. The van der Waals surface area contributed by atoms with E-state index in [1.807, 2.05) is 13.2 Å². The van der Waals surface area contributed by atoms with E-state index in [4.69, 9.17) is 15.2 Å². The van der Waals surface area contributed by atoms with E-state index < -0.39 is 6.04 Å². The molecule has 0 saturated carbocycles. The minimum Gasteiger partial charge on any atom is -0.475 e. The van der Waals surface area contributed by atoms with Gasteiger partial charge in [0.05, 0.1) is 31.9 Å². The van der Waals surface area contributed by atoms with Crippen molar-refractivity contribution in [3.63, 3.8) is 0 Å². The number of quaternary nitrogens is 1. The number of likely N-dealkylation sites (N-methyl/N-ethyl adjacent to an activating group) is 1. The van der Waals surface area contributed by atoms with Crippen molar-refractivity contribution in [1.29, 1.82) is 0 Å². The summed E-state index contributed by atoms with van der Waals surface area (Å²) in [5.41, 5.74) is 7.92. The molecule has 7 nitrogen and oxygen atoms in total. The Bertz CT molecular complexity index is 698. The molecular weight excluding hydrogens is 420 g/mol. The number of ether oxygens (including phenoxy) is 2. The van der Waals surface area contributed by atoms with Crippen LogP contribution in [0.2, 0.25) is 0 Å². The molecule has 3 atom stereocenters. The van der Waals surface area contributed by atoms with Crippen molar-refractivity contribution in [2.45, 2.75) is 64.6 Å². The maximum absolute atomic E-state index is 12.4. The average Bonchev–Trinajstić information content (AvgIpc) is 3.20. The van der Waals surface area contributed by atoms with Crippen molar-refractivity contribution >= 4 is 35.0 Å². The van der Waals surface area contributed by atoms with Crippen LogP contribution in [-0.4, -0.2) is 70.2 Å². The average molecular weight is 458 g/mol. The van der Waals surface area contributed by atoms with Gasteiger partial charge >= 0.3 is 5.97 Å². The zero-order valence-electron chi connectivity index (χ0n) is 18.8. The van der Waals surface area contributed by atoms with Crippen molar-refractivity contribution in [2.75, 3.05) is 38.8 Å². The molecule has 30 heavy (non-hydrogen) atoms. The van der Waals surface area contributed by atoms with Gasteiger partial charge in [-0.25, -0.2) is 0 Å². The summed E-state index contributed by atoms with van der Waals surface area (Å²) in [7, 11) is 2.11. The van der Waals surface area contributed by atoms with Gasteiger partial charge in [0.15, 0.2) is 0 Å². The van der Waals surface area contributed by atoms with E-state index in [-0.39, 0.29) is 12.2 Å². The number of carbonyl (C=O) groups is 1. The summed E-state index contributed by atoms with van der Waals surface area (Å²) < 4.78 is 21.1. The summed E-state index contributed by atoms with van der Waals surface area (Å²) >= 11 is 2.86. The molecule has 0 fully saturated rings. The Morgan fingerprint density at radius 2 is 2.17 bits per heavy atom. The lowest BCUT2D eigenvalue weighted by atomic mass is 10.0. The number of carbonyl (C=O) groups excluding carboxylic acids is 1. The Morgan fingerprint density at radius 3 is 2.90 bits per heavy atom. The molecule has 2 rings (SSSR count). The van der Waals surface area contributed by atoms with Crippen LogP contribution in [0.5, 0.6) is 5.88 Å². The molecule has 2 heterocycles. The molecule has 0 spiro atoms. The monoisotopic (exact) mass is 457 g/mol. The minimum absolute atomic E-state index is 0.286. The molecule has 9 heteroatoms. The van der Waals surface area contributed by atoms with E-state index >= 15 is 0 Å². The van der Waals surface area contributed by atoms with Gasteiger partial charge in [-0.05, 0) is 24.9 Å². The SMILES string of the molecule is CCCCCCOc1nsnc1C1=CCC[N+](C)([C@H](C)OC(=O)[C@@H](N)CCSC)C1. The molecular formula is C21H37N4O3S2+. The minimum atomic E-state index is -0.568. The highest BCUT2D eigenvalue weighted by Crippen LogP contribution is 2.31. The van der Waals surface area contributed by atoms with Crippen LogP contribution < -0.4 is 10.5 Å². The van der Waals surface area contributed by atoms with Crippen molar-refractivity contribution in [2.24, 2.45) is 5.73 Å². The van der Waals surface area contributed by atoms with Gasteiger partial charge in [0.2, 0.25) is 6.23 Å². The third kappa shape index (κ3) is 7.21. The molecule has 0 radical (unpaired) electrons. The normalized spacial score (nSPS) is 21.0. The molecule has 0 amide bonds. The molecule has 1 aliphatic rings. The summed E-state index contributed by atoms with van der Waals surface area (Å²) in [4.78, 5) is 12.4. The Labute approximate surface area is 189 Å². The molecule has 0 bridgehead atoms. The number of hydrogen-bond acceptors (Lipinski definition) is 8. The standard InChI is InChI=1S/C21H37N4O3S2/c1-5-6-7-8-13-27-20-19(23-30-24-20)17-10-9-12-25(3,15-17)16(2)28-21(26)18(22)11-14-29-4/h10,16,18H,5-9,11-15,22H2,1-4H3/q+1/t16-,18-,25?/m0/s1. The number of nitrogens with two attached hydrogens (primary N) is 1. The highest BCUT2D eigenvalue weighted by molar-refractivity contribution is 7.98. The summed E-state index contributed by atoms with van der Waals surface area (Å²) in [6.45, 7) is 6.42. The van der Waals surface area contributed by atoms with Gasteiger partial charge in [-0.1, -0.05) is 32.3 Å². The van der Waals surface area contributed by atoms with Crippen LogP contribution in [0.15, 0.2) is 6.08 Å². The lowest BCUT2D eigenvalue weighted by Gasteiger charge is -2.41. The smallest absolute Gasteiger partial charge is 0.327 e. The van der Waals surface area contributed by atoms with Gasteiger partial charge in [-0.2, -0.15) is 16.1 Å². The zero-order chi connectivity index (χ0) is 22.0. The lowest BCUT2D eigenvalue weighted by molar-refractivity contribution is -0.944. The Balaban J connectivity index is 1.96. The lowest BCUT2D eigenvalue weighted by Crippen LogP contribution is -2.56. The zero-order valence-corrected chi connectivity index (χ0v) is 20.4. The highest BCUT2D eigenvalue weighted by atomic mass is 32.2. The predicted molar refractivity (Wildman–Crippen MR) is 125 cm³/mol. The van der Waals surface area contributed by atoms with E-state index in [2.05, 4.69) is 28.8 Å². The summed E-state index contributed by atoms with van der Waals surface area (Å²) in [5.74, 6) is 1.15. The molecule has 1 aliphatic heterocycles. The largest absolute Gasteiger partial charge is 0.475 e. The van der Waals surface area contributed by atoms with Gasteiger partial charge in [0, 0.05) is 18.9 Å².